The van der Waals surface area contributed by atoms with Crippen molar-refractivity contribution in [3.05, 3.63) is 23.8 Å². The lowest BCUT2D eigenvalue weighted by Crippen LogP contribution is -2.41. The molecule has 1 aromatic carbocycles. The molecule has 1 heterocycles. The lowest BCUT2D eigenvalue weighted by atomic mass is 10.2. The maximum atomic E-state index is 12.3. The van der Waals surface area contributed by atoms with Crippen molar-refractivity contribution in [2.75, 3.05) is 30.3 Å². The van der Waals surface area contributed by atoms with E-state index in [0.717, 1.165) is 5.56 Å². The van der Waals surface area contributed by atoms with Crippen molar-refractivity contribution in [2.24, 2.45) is 0 Å². The molecule has 7 heteroatoms. The number of nitrogens with zero attached hydrogens (tertiary/aromatic N) is 1. The van der Waals surface area contributed by atoms with Crippen LogP contribution in [0.15, 0.2) is 23.1 Å². The van der Waals surface area contributed by atoms with Gasteiger partial charge < -0.3 is 5.73 Å². The number of nitrogens with two attached hydrogens (primary N) is 1. The van der Waals surface area contributed by atoms with Gasteiger partial charge in [-0.15, -0.1) is 0 Å². The standard InChI is InChI=1S/C11H16N2O3S2/c1-9-2-3-10(8-11(9)12)18(15,16)13-4-6-17(14)7-5-13/h2-3,8H,4-7,12H2,1H3. The topological polar surface area (TPSA) is 80.5 Å². The molecule has 0 amide bonds. The molecule has 100 valence electrons. The number of hydrogen-bond donors (Lipinski definition) is 1. The molecule has 1 aromatic rings. The SMILES string of the molecule is Cc1ccc(S(=O)(=O)N2CCS(=O)CC2)cc1N. The second kappa shape index (κ2) is 4.99. The Morgan fingerprint density at radius 3 is 2.44 bits per heavy atom. The zero-order valence-corrected chi connectivity index (χ0v) is 11.8. The van der Waals surface area contributed by atoms with Gasteiger partial charge >= 0.3 is 0 Å². The molecule has 2 rings (SSSR count). The van der Waals surface area contributed by atoms with Crippen LogP contribution in [0, 0.1) is 6.92 Å². The summed E-state index contributed by atoms with van der Waals surface area (Å²) in [6, 6.07) is 4.74. The van der Waals surface area contributed by atoms with E-state index in [9.17, 15) is 12.6 Å². The molecular formula is C11H16N2O3S2. The highest BCUT2D eigenvalue weighted by Crippen LogP contribution is 2.21. The van der Waals surface area contributed by atoms with E-state index >= 15 is 0 Å². The minimum Gasteiger partial charge on any atom is -0.398 e. The van der Waals surface area contributed by atoms with Crippen LogP contribution in [0.4, 0.5) is 5.69 Å². The fourth-order valence-corrected chi connectivity index (χ4v) is 4.55. The minimum absolute atomic E-state index is 0.207. The number of anilines is 1. The van der Waals surface area contributed by atoms with Gasteiger partial charge in [0.2, 0.25) is 10.0 Å². The summed E-state index contributed by atoms with van der Waals surface area (Å²) >= 11 is 0. The smallest absolute Gasteiger partial charge is 0.243 e. The molecule has 0 bridgehead atoms. The van der Waals surface area contributed by atoms with Crippen LogP contribution >= 0.6 is 0 Å². The van der Waals surface area contributed by atoms with Gasteiger partial charge in [-0.3, -0.25) is 4.21 Å². The Bertz CT molecular complexity index is 574. The van der Waals surface area contributed by atoms with Gasteiger partial charge in [-0.05, 0) is 24.6 Å². The summed E-state index contributed by atoms with van der Waals surface area (Å²) in [6.07, 6.45) is 0. The van der Waals surface area contributed by atoms with Crippen molar-refractivity contribution in [1.82, 2.24) is 4.31 Å². The number of nitrogen functional groups attached to an aromatic ring is 1. The van der Waals surface area contributed by atoms with E-state index in [1.165, 1.54) is 10.4 Å². The van der Waals surface area contributed by atoms with E-state index < -0.39 is 20.8 Å². The molecule has 0 radical (unpaired) electrons. The van der Waals surface area contributed by atoms with Gasteiger partial charge in [-0.25, -0.2) is 8.42 Å². The average molecular weight is 288 g/mol. The summed E-state index contributed by atoms with van der Waals surface area (Å²) in [4.78, 5) is 0.207. The first-order chi connectivity index (χ1) is 8.41. The van der Waals surface area contributed by atoms with Crippen LogP contribution in [-0.2, 0) is 20.8 Å². The van der Waals surface area contributed by atoms with Crippen molar-refractivity contribution >= 4 is 26.5 Å². The Labute approximate surface area is 109 Å². The lowest BCUT2D eigenvalue weighted by molar-refractivity contribution is 0.439. The maximum absolute atomic E-state index is 12.3. The van der Waals surface area contributed by atoms with E-state index in [1.54, 1.807) is 12.1 Å². The minimum atomic E-state index is -3.51. The third-order valence-corrected chi connectivity index (χ3v) is 6.20. The van der Waals surface area contributed by atoms with Crippen LogP contribution in [0.25, 0.3) is 0 Å². The summed E-state index contributed by atoms with van der Waals surface area (Å²) in [7, 11) is -4.40. The molecule has 1 aliphatic rings. The van der Waals surface area contributed by atoms with Crippen LogP contribution < -0.4 is 5.73 Å². The molecule has 0 atom stereocenters. The van der Waals surface area contributed by atoms with Gasteiger partial charge in [0.1, 0.15) is 0 Å². The Morgan fingerprint density at radius 2 is 1.89 bits per heavy atom. The van der Waals surface area contributed by atoms with Gasteiger partial charge in [0.15, 0.2) is 0 Å². The Kier molecular flexibility index (Phi) is 3.74. The molecule has 1 saturated heterocycles. The number of sulfonamides is 1. The maximum Gasteiger partial charge on any atom is 0.243 e. The van der Waals surface area contributed by atoms with Crippen molar-refractivity contribution in [2.45, 2.75) is 11.8 Å². The molecule has 0 saturated carbocycles. The zero-order chi connectivity index (χ0) is 13.3. The number of aryl methyl sites for hydroxylation is 1. The molecule has 0 spiro atoms. The van der Waals surface area contributed by atoms with Gasteiger partial charge in [0, 0.05) is 41.1 Å². The molecule has 0 unspecified atom stereocenters. The Balaban J connectivity index is 2.30. The van der Waals surface area contributed by atoms with E-state index in [0.29, 0.717) is 30.3 Å². The van der Waals surface area contributed by atoms with Crippen LogP contribution in [0.1, 0.15) is 5.56 Å². The molecule has 0 aromatic heterocycles. The quantitative estimate of drug-likeness (QED) is 0.795. The molecule has 0 aliphatic carbocycles. The van der Waals surface area contributed by atoms with Gasteiger partial charge in [-0.1, -0.05) is 6.07 Å². The summed E-state index contributed by atoms with van der Waals surface area (Å²) in [5.74, 6) is 0.807. The van der Waals surface area contributed by atoms with E-state index in [4.69, 9.17) is 5.73 Å². The molecule has 2 N–H and O–H groups in total. The first kappa shape index (κ1) is 13.5. The summed E-state index contributed by atoms with van der Waals surface area (Å²) in [5, 5.41) is 0. The largest absolute Gasteiger partial charge is 0.398 e. The van der Waals surface area contributed by atoms with Crippen LogP contribution in [0.3, 0.4) is 0 Å². The Morgan fingerprint density at radius 1 is 1.28 bits per heavy atom. The first-order valence-electron chi connectivity index (χ1n) is 5.62. The lowest BCUT2D eigenvalue weighted by Gasteiger charge is -2.25. The predicted molar refractivity (Wildman–Crippen MR) is 72.2 cm³/mol. The Hall–Kier alpha value is -0.920. The average Bonchev–Trinajstić information content (AvgIpc) is 2.33. The van der Waals surface area contributed by atoms with Crippen molar-refractivity contribution in [3.63, 3.8) is 0 Å². The number of hydrogen-bond acceptors (Lipinski definition) is 4. The van der Waals surface area contributed by atoms with Gasteiger partial charge in [0.25, 0.3) is 0 Å². The van der Waals surface area contributed by atoms with Crippen LogP contribution in [0.2, 0.25) is 0 Å². The summed E-state index contributed by atoms with van der Waals surface area (Å²) in [5.41, 5.74) is 7.06. The highest BCUT2D eigenvalue weighted by molar-refractivity contribution is 7.89. The highest BCUT2D eigenvalue weighted by atomic mass is 32.2. The van der Waals surface area contributed by atoms with Crippen molar-refractivity contribution in [1.29, 1.82) is 0 Å². The third-order valence-electron chi connectivity index (χ3n) is 3.03. The van der Waals surface area contributed by atoms with E-state index in [1.807, 2.05) is 6.92 Å². The number of rotatable bonds is 2. The predicted octanol–water partition coefficient (Wildman–Crippen LogP) is 0.330. The fourth-order valence-electron chi connectivity index (χ4n) is 1.79. The summed E-state index contributed by atoms with van der Waals surface area (Å²) in [6.45, 7) is 2.45. The zero-order valence-electron chi connectivity index (χ0n) is 10.1. The molecule has 1 fully saturated rings. The molecular weight excluding hydrogens is 272 g/mol. The molecule has 1 aliphatic heterocycles. The second-order valence-corrected chi connectivity index (χ2v) is 7.90. The van der Waals surface area contributed by atoms with E-state index in [-0.39, 0.29) is 4.90 Å². The highest BCUT2D eigenvalue weighted by Gasteiger charge is 2.28. The second-order valence-electron chi connectivity index (χ2n) is 4.27. The summed E-state index contributed by atoms with van der Waals surface area (Å²) < 4.78 is 37.3. The van der Waals surface area contributed by atoms with Crippen molar-refractivity contribution < 1.29 is 12.6 Å². The van der Waals surface area contributed by atoms with Gasteiger partial charge in [0.05, 0.1) is 4.90 Å². The molecule has 5 nitrogen and oxygen atoms in total. The number of benzene rings is 1. The van der Waals surface area contributed by atoms with Crippen molar-refractivity contribution in [3.8, 4) is 0 Å². The van der Waals surface area contributed by atoms with E-state index in [2.05, 4.69) is 0 Å². The van der Waals surface area contributed by atoms with Gasteiger partial charge in [-0.2, -0.15) is 4.31 Å². The molecule has 18 heavy (non-hydrogen) atoms. The first-order valence-corrected chi connectivity index (χ1v) is 8.55. The third kappa shape index (κ3) is 2.57. The van der Waals surface area contributed by atoms with Crippen LogP contribution in [-0.4, -0.2) is 41.5 Å². The van der Waals surface area contributed by atoms with Crippen LogP contribution in [0.5, 0.6) is 0 Å². The fraction of sp³-hybridized carbons (Fsp3) is 0.455. The normalized spacial score (nSPS) is 18.9. The monoisotopic (exact) mass is 288 g/mol.